The summed E-state index contributed by atoms with van der Waals surface area (Å²) in [5.41, 5.74) is 3.88. The number of hydrogen-bond acceptors (Lipinski definition) is 2. The molecule has 0 radical (unpaired) electrons. The number of benzene rings is 2. The second kappa shape index (κ2) is 5.72. The van der Waals surface area contributed by atoms with Crippen molar-refractivity contribution in [2.45, 2.75) is 19.3 Å². The number of fused-ring (bicyclic) bond motifs is 1. The number of nitrogens with zero attached hydrogens (tertiary/aromatic N) is 2. The Kier molecular flexibility index (Phi) is 3.42. The van der Waals surface area contributed by atoms with E-state index in [1.807, 2.05) is 65.3 Å². The fourth-order valence-corrected chi connectivity index (χ4v) is 3.05. The molecule has 4 nitrogen and oxygen atoms in total. The van der Waals surface area contributed by atoms with E-state index in [4.69, 9.17) is 5.10 Å². The summed E-state index contributed by atoms with van der Waals surface area (Å²) in [4.78, 5) is 12.5. The molecule has 1 aliphatic carbocycles. The molecule has 1 aliphatic rings. The van der Waals surface area contributed by atoms with E-state index >= 15 is 0 Å². The Morgan fingerprint density at radius 2 is 1.65 bits per heavy atom. The summed E-state index contributed by atoms with van der Waals surface area (Å²) >= 11 is 0. The minimum absolute atomic E-state index is 0.0996. The van der Waals surface area contributed by atoms with Gasteiger partial charge < -0.3 is 5.32 Å². The molecule has 1 heterocycles. The number of amides is 1. The second-order valence-corrected chi connectivity index (χ2v) is 5.69. The molecule has 0 fully saturated rings. The van der Waals surface area contributed by atoms with Crippen LogP contribution < -0.4 is 5.32 Å². The lowest BCUT2D eigenvalue weighted by Crippen LogP contribution is -2.16. The van der Waals surface area contributed by atoms with Crippen LogP contribution in [0, 0.1) is 0 Å². The second-order valence-electron chi connectivity index (χ2n) is 5.69. The molecule has 2 aromatic carbocycles. The van der Waals surface area contributed by atoms with Gasteiger partial charge in [-0.1, -0.05) is 36.4 Å². The van der Waals surface area contributed by atoms with Gasteiger partial charge in [-0.2, -0.15) is 5.10 Å². The summed E-state index contributed by atoms with van der Waals surface area (Å²) in [6.07, 6.45) is 3.04. The van der Waals surface area contributed by atoms with Crippen molar-refractivity contribution >= 4 is 11.7 Å². The first-order valence-electron chi connectivity index (χ1n) is 7.85. The zero-order chi connectivity index (χ0) is 15.6. The molecule has 1 amide bonds. The SMILES string of the molecule is O=C(Nc1c2c(nn1-c1ccccc1)CCC2)c1ccccc1. The number of aromatic nitrogens is 2. The van der Waals surface area contributed by atoms with Gasteiger partial charge in [0.1, 0.15) is 5.82 Å². The monoisotopic (exact) mass is 303 g/mol. The van der Waals surface area contributed by atoms with E-state index in [2.05, 4.69) is 5.32 Å². The van der Waals surface area contributed by atoms with Crippen molar-refractivity contribution in [3.63, 3.8) is 0 Å². The summed E-state index contributed by atoms with van der Waals surface area (Å²) in [7, 11) is 0. The van der Waals surface area contributed by atoms with Gasteiger partial charge in [-0.25, -0.2) is 4.68 Å². The maximum absolute atomic E-state index is 12.5. The maximum atomic E-state index is 12.5. The number of carbonyl (C=O) groups is 1. The molecule has 0 spiro atoms. The first-order valence-corrected chi connectivity index (χ1v) is 7.85. The average molecular weight is 303 g/mol. The van der Waals surface area contributed by atoms with E-state index in [0.29, 0.717) is 5.56 Å². The van der Waals surface area contributed by atoms with Crippen molar-refractivity contribution in [1.82, 2.24) is 9.78 Å². The van der Waals surface area contributed by atoms with E-state index in [-0.39, 0.29) is 5.91 Å². The quantitative estimate of drug-likeness (QED) is 0.803. The molecule has 1 aromatic heterocycles. The lowest BCUT2D eigenvalue weighted by Gasteiger charge is -2.11. The number of anilines is 1. The number of rotatable bonds is 3. The predicted molar refractivity (Wildman–Crippen MR) is 90.0 cm³/mol. The lowest BCUT2D eigenvalue weighted by atomic mass is 10.2. The molecule has 4 heteroatoms. The molecule has 114 valence electrons. The van der Waals surface area contributed by atoms with Crippen LogP contribution in [-0.2, 0) is 12.8 Å². The van der Waals surface area contributed by atoms with Crippen LogP contribution in [0.1, 0.15) is 28.0 Å². The van der Waals surface area contributed by atoms with Gasteiger partial charge >= 0.3 is 0 Å². The van der Waals surface area contributed by atoms with E-state index in [0.717, 1.165) is 42.0 Å². The largest absolute Gasteiger partial charge is 0.306 e. The highest BCUT2D eigenvalue weighted by molar-refractivity contribution is 6.04. The predicted octanol–water partition coefficient (Wildman–Crippen LogP) is 3.61. The number of nitrogens with one attached hydrogen (secondary N) is 1. The van der Waals surface area contributed by atoms with Crippen LogP contribution in [0.2, 0.25) is 0 Å². The molecule has 3 aromatic rings. The Morgan fingerprint density at radius 3 is 2.39 bits per heavy atom. The molecule has 23 heavy (non-hydrogen) atoms. The van der Waals surface area contributed by atoms with Crippen LogP contribution in [-0.4, -0.2) is 15.7 Å². The highest BCUT2D eigenvalue weighted by Gasteiger charge is 2.24. The number of para-hydroxylation sites is 1. The van der Waals surface area contributed by atoms with Gasteiger partial charge in [0.15, 0.2) is 0 Å². The number of hydrogen-bond donors (Lipinski definition) is 1. The van der Waals surface area contributed by atoms with Crippen LogP contribution in [0.25, 0.3) is 5.69 Å². The highest BCUT2D eigenvalue weighted by Crippen LogP contribution is 2.31. The van der Waals surface area contributed by atoms with Crippen molar-refractivity contribution < 1.29 is 4.79 Å². The molecule has 0 atom stereocenters. The molecule has 0 aliphatic heterocycles. The van der Waals surface area contributed by atoms with Crippen LogP contribution in [0.5, 0.6) is 0 Å². The molecule has 1 N–H and O–H groups in total. The minimum atomic E-state index is -0.0996. The molecular formula is C19H17N3O. The van der Waals surface area contributed by atoms with Crippen molar-refractivity contribution in [2.75, 3.05) is 5.32 Å². The maximum Gasteiger partial charge on any atom is 0.256 e. The Bertz CT molecular complexity index is 838. The number of aryl methyl sites for hydroxylation is 1. The van der Waals surface area contributed by atoms with Crippen LogP contribution in [0.3, 0.4) is 0 Å². The third kappa shape index (κ3) is 2.52. The van der Waals surface area contributed by atoms with Crippen molar-refractivity contribution in [2.24, 2.45) is 0 Å². The van der Waals surface area contributed by atoms with Gasteiger partial charge in [-0.05, 0) is 43.5 Å². The van der Waals surface area contributed by atoms with Gasteiger partial charge in [-0.15, -0.1) is 0 Å². The Hall–Kier alpha value is -2.88. The molecular weight excluding hydrogens is 286 g/mol. The third-order valence-corrected chi connectivity index (χ3v) is 4.18. The minimum Gasteiger partial charge on any atom is -0.306 e. The molecule has 4 rings (SSSR count). The van der Waals surface area contributed by atoms with E-state index in [1.54, 1.807) is 0 Å². The van der Waals surface area contributed by atoms with Gasteiger partial charge in [0.25, 0.3) is 5.91 Å². The molecule has 0 unspecified atom stereocenters. The highest BCUT2D eigenvalue weighted by atomic mass is 16.1. The molecule has 0 saturated heterocycles. The average Bonchev–Trinajstić information content (AvgIpc) is 3.19. The Labute approximate surface area is 134 Å². The van der Waals surface area contributed by atoms with Crippen molar-refractivity contribution in [3.05, 3.63) is 77.5 Å². The van der Waals surface area contributed by atoms with Gasteiger partial charge in [0.2, 0.25) is 0 Å². The topological polar surface area (TPSA) is 46.9 Å². The van der Waals surface area contributed by atoms with E-state index in [1.165, 1.54) is 0 Å². The zero-order valence-electron chi connectivity index (χ0n) is 12.7. The molecule has 0 bridgehead atoms. The normalized spacial score (nSPS) is 12.9. The summed E-state index contributed by atoms with van der Waals surface area (Å²) in [5.74, 6) is 0.704. The van der Waals surface area contributed by atoms with Crippen molar-refractivity contribution in [3.8, 4) is 5.69 Å². The van der Waals surface area contributed by atoms with Gasteiger partial charge in [0.05, 0.1) is 11.4 Å². The standard InChI is InChI=1S/C19H17N3O/c23-19(14-8-3-1-4-9-14)20-18-16-12-7-13-17(16)21-22(18)15-10-5-2-6-11-15/h1-6,8-11H,7,12-13H2,(H,20,23). The van der Waals surface area contributed by atoms with E-state index < -0.39 is 0 Å². The summed E-state index contributed by atoms with van der Waals surface area (Å²) in [6.45, 7) is 0. The molecule has 0 saturated carbocycles. The van der Waals surface area contributed by atoms with Crippen molar-refractivity contribution in [1.29, 1.82) is 0 Å². The Morgan fingerprint density at radius 1 is 0.957 bits per heavy atom. The summed E-state index contributed by atoms with van der Waals surface area (Å²) in [6, 6.07) is 19.2. The zero-order valence-corrected chi connectivity index (χ0v) is 12.7. The van der Waals surface area contributed by atoms with Gasteiger partial charge in [-0.3, -0.25) is 4.79 Å². The lowest BCUT2D eigenvalue weighted by molar-refractivity contribution is 0.102. The van der Waals surface area contributed by atoms with E-state index in [9.17, 15) is 4.79 Å². The first-order chi connectivity index (χ1) is 11.3. The first kappa shape index (κ1) is 13.8. The van der Waals surface area contributed by atoms with Crippen LogP contribution >= 0.6 is 0 Å². The summed E-state index contributed by atoms with van der Waals surface area (Å²) < 4.78 is 1.85. The fraction of sp³-hybridized carbons (Fsp3) is 0.158. The summed E-state index contributed by atoms with van der Waals surface area (Å²) in [5, 5.41) is 7.78. The van der Waals surface area contributed by atoms with Gasteiger partial charge in [0, 0.05) is 11.1 Å². The fourth-order valence-electron chi connectivity index (χ4n) is 3.05. The van der Waals surface area contributed by atoms with Crippen LogP contribution in [0.15, 0.2) is 60.7 Å². The Balaban J connectivity index is 1.74. The van der Waals surface area contributed by atoms with Crippen LogP contribution in [0.4, 0.5) is 5.82 Å². The third-order valence-electron chi connectivity index (χ3n) is 4.18. The smallest absolute Gasteiger partial charge is 0.256 e. The number of carbonyl (C=O) groups excluding carboxylic acids is 1.